The summed E-state index contributed by atoms with van der Waals surface area (Å²) in [7, 11) is 3.47. The van der Waals surface area contributed by atoms with E-state index < -0.39 is 35.6 Å². The van der Waals surface area contributed by atoms with E-state index >= 15 is 0 Å². The minimum absolute atomic E-state index is 0.0160. The summed E-state index contributed by atoms with van der Waals surface area (Å²) in [5.74, 6) is -1.91. The predicted octanol–water partition coefficient (Wildman–Crippen LogP) is 3.11. The molecule has 0 spiro atoms. The highest BCUT2D eigenvalue weighted by atomic mass is 16.6. The lowest BCUT2D eigenvalue weighted by atomic mass is 9.93. The third-order valence-corrected chi connectivity index (χ3v) is 8.81. The number of ether oxygens (including phenoxy) is 2. The Morgan fingerprint density at radius 1 is 1.03 bits per heavy atom. The molecule has 0 unspecified atom stereocenters. The fraction of sp³-hybridized carbons (Fsp3) is 0.286. The van der Waals surface area contributed by atoms with Gasteiger partial charge in [-0.3, -0.25) is 14.9 Å². The van der Waals surface area contributed by atoms with Crippen LogP contribution in [0.5, 0.6) is 17.2 Å². The van der Waals surface area contributed by atoms with E-state index in [1.807, 2.05) is 23.1 Å². The molecule has 2 amide bonds. The molecule has 5 heterocycles. The highest BCUT2D eigenvalue weighted by Crippen LogP contribution is 2.55. The Morgan fingerprint density at radius 3 is 2.46 bits per heavy atom. The molecule has 0 saturated carbocycles. The number of carbonyl (C=O) groups excluding carboxylic acids is 2. The van der Waals surface area contributed by atoms with Crippen LogP contribution in [0.4, 0.5) is 0 Å². The summed E-state index contributed by atoms with van der Waals surface area (Å²) in [6.07, 6.45) is -0.472. The van der Waals surface area contributed by atoms with Gasteiger partial charge in [0, 0.05) is 35.7 Å². The van der Waals surface area contributed by atoms with Crippen LogP contribution in [-0.2, 0) is 15.2 Å². The Bertz CT molecular complexity index is 1990. The number of nitrogens with zero attached hydrogens (tertiary/aromatic N) is 2. The minimum atomic E-state index is -1.14. The second-order valence-corrected chi connectivity index (χ2v) is 10.6. The van der Waals surface area contributed by atoms with Crippen molar-refractivity contribution in [1.29, 1.82) is 0 Å². The molecule has 2 aromatic heterocycles. The average Bonchev–Trinajstić information content (AvgIpc) is 3.50. The quantitative estimate of drug-likeness (QED) is 0.174. The number of phenols is 3. The van der Waals surface area contributed by atoms with E-state index in [4.69, 9.17) is 9.47 Å². The molecule has 1 fully saturated rings. The Kier molecular flexibility index (Phi) is 4.06. The first-order valence-electron chi connectivity index (χ1n) is 12.7. The van der Waals surface area contributed by atoms with E-state index in [9.17, 15) is 24.9 Å². The zero-order valence-electron chi connectivity index (χ0n) is 21.2. The van der Waals surface area contributed by atoms with Crippen LogP contribution >= 0.6 is 0 Å². The molecule has 8 rings (SSSR count). The molecular formula is C28H24N4O7. The summed E-state index contributed by atoms with van der Waals surface area (Å²) in [4.78, 5) is 26.8. The van der Waals surface area contributed by atoms with E-state index in [-0.39, 0.29) is 34.1 Å². The number of nitrogens with one attached hydrogen (secondary N) is 2. The summed E-state index contributed by atoms with van der Waals surface area (Å²) in [6, 6.07) is 7.84. The average molecular weight is 529 g/mol. The second-order valence-electron chi connectivity index (χ2n) is 10.6. The number of rotatable bonds is 2. The molecule has 2 bridgehead atoms. The van der Waals surface area contributed by atoms with Gasteiger partial charge in [0.1, 0.15) is 18.1 Å². The molecule has 11 heteroatoms. The summed E-state index contributed by atoms with van der Waals surface area (Å²) >= 11 is 0. The van der Waals surface area contributed by atoms with Crippen molar-refractivity contribution in [2.24, 2.45) is 0 Å². The number of likely N-dealkylation sites (N-methyl/N-ethyl adjacent to an activating group) is 1. The number of aromatic nitrogens is 2. The lowest BCUT2D eigenvalue weighted by Gasteiger charge is -2.48. The molecule has 1 saturated heterocycles. The maximum absolute atomic E-state index is 13.4. The number of amides is 2. The summed E-state index contributed by atoms with van der Waals surface area (Å²) in [6.45, 7) is 1.91. The summed E-state index contributed by atoms with van der Waals surface area (Å²) in [5, 5.41) is 39.7. The van der Waals surface area contributed by atoms with Crippen LogP contribution in [0.2, 0.25) is 0 Å². The lowest BCUT2D eigenvalue weighted by molar-refractivity contribution is -0.256. The molecule has 3 aliphatic heterocycles. The smallest absolute Gasteiger partial charge is 0.259 e. The van der Waals surface area contributed by atoms with E-state index in [1.165, 1.54) is 6.07 Å². The Balaban J connectivity index is 1.76. The van der Waals surface area contributed by atoms with Crippen molar-refractivity contribution in [2.45, 2.75) is 37.4 Å². The zero-order chi connectivity index (χ0) is 27.1. The number of methoxy groups -OCH3 is 1. The van der Waals surface area contributed by atoms with Gasteiger partial charge in [0.15, 0.2) is 17.2 Å². The van der Waals surface area contributed by atoms with Crippen molar-refractivity contribution in [3.8, 4) is 17.2 Å². The molecule has 39 heavy (non-hydrogen) atoms. The highest BCUT2D eigenvalue weighted by molar-refractivity contribution is 6.40. The number of carbonyl (C=O) groups is 2. The number of imide groups is 1. The van der Waals surface area contributed by atoms with Crippen LogP contribution in [0, 0.1) is 0 Å². The van der Waals surface area contributed by atoms with Gasteiger partial charge < -0.3 is 39.2 Å². The first-order chi connectivity index (χ1) is 18.7. The number of benzene rings is 3. The molecule has 198 valence electrons. The maximum Gasteiger partial charge on any atom is 0.259 e. The number of phenolic OH excluding ortho intramolecular Hbond substituents is 3. The topological polar surface area (TPSA) is 147 Å². The van der Waals surface area contributed by atoms with Crippen molar-refractivity contribution < 1.29 is 34.4 Å². The molecule has 4 atom stereocenters. The fourth-order valence-corrected chi connectivity index (χ4v) is 7.40. The van der Waals surface area contributed by atoms with Crippen LogP contribution in [-0.4, -0.2) is 62.6 Å². The van der Waals surface area contributed by atoms with Gasteiger partial charge in [0.05, 0.1) is 38.6 Å². The highest BCUT2D eigenvalue weighted by Gasteiger charge is 2.53. The van der Waals surface area contributed by atoms with E-state index in [1.54, 1.807) is 31.4 Å². The molecular weight excluding hydrogens is 504 g/mol. The van der Waals surface area contributed by atoms with E-state index in [0.717, 1.165) is 0 Å². The monoisotopic (exact) mass is 528 g/mol. The van der Waals surface area contributed by atoms with Crippen molar-refractivity contribution in [3.63, 3.8) is 0 Å². The van der Waals surface area contributed by atoms with Crippen molar-refractivity contribution in [2.75, 3.05) is 14.2 Å². The van der Waals surface area contributed by atoms with Crippen LogP contribution in [0.15, 0.2) is 30.3 Å². The Hall–Kier alpha value is -4.32. The molecule has 0 radical (unpaired) electrons. The number of hydrogen-bond acceptors (Lipinski definition) is 8. The normalized spacial score (nSPS) is 25.8. The molecule has 3 aromatic carbocycles. The standard InChI is InChI=1S/C28H24N4O7/c1-28-25(38-3)12(29-2)9-16(39-28)31-13-5-4-10(33)8-11(13)17-20-21(27(37)30-26(20)36)19-18-14(6-7-15(34)24(18)35)32(28)23(19)22(17)31/h4-8,12,16,25,29,33-35H,9H2,1-3H3,(H,30,36,37)/t12-,16+,25-,28-/m1/s1. The molecule has 5 aromatic rings. The van der Waals surface area contributed by atoms with Gasteiger partial charge in [-0.1, -0.05) is 0 Å². The zero-order valence-corrected chi connectivity index (χ0v) is 21.2. The molecule has 11 nitrogen and oxygen atoms in total. The van der Waals surface area contributed by atoms with Crippen LogP contribution in [0.25, 0.3) is 43.6 Å². The van der Waals surface area contributed by atoms with Crippen LogP contribution in [0.1, 0.15) is 40.3 Å². The second kappa shape index (κ2) is 7.00. The number of fused-ring (bicyclic) bond motifs is 13. The SMILES string of the molecule is CN[C@@H]1C[C@@H]2O[C@](C)([C@@H]1OC)n1c3ccc(O)c(O)c3c3c4c(c5c6cc(O)ccc6n2c5c31)C(=O)NC4=O. The van der Waals surface area contributed by atoms with Gasteiger partial charge in [-0.2, -0.15) is 0 Å². The van der Waals surface area contributed by atoms with Crippen molar-refractivity contribution in [1.82, 2.24) is 19.8 Å². The van der Waals surface area contributed by atoms with Crippen molar-refractivity contribution in [3.05, 3.63) is 41.5 Å². The predicted molar refractivity (Wildman–Crippen MR) is 141 cm³/mol. The largest absolute Gasteiger partial charge is 0.508 e. The lowest BCUT2D eigenvalue weighted by Crippen LogP contribution is -2.59. The van der Waals surface area contributed by atoms with Gasteiger partial charge in [-0.25, -0.2) is 0 Å². The first-order valence-corrected chi connectivity index (χ1v) is 12.7. The summed E-state index contributed by atoms with van der Waals surface area (Å²) < 4.78 is 16.9. The first kappa shape index (κ1) is 22.6. The maximum atomic E-state index is 13.4. The Morgan fingerprint density at radius 2 is 1.74 bits per heavy atom. The third kappa shape index (κ3) is 2.40. The number of hydrogen-bond donors (Lipinski definition) is 5. The third-order valence-electron chi connectivity index (χ3n) is 8.81. The van der Waals surface area contributed by atoms with Gasteiger partial charge in [0.25, 0.3) is 11.8 Å². The Labute approximate surface area is 220 Å². The fourth-order valence-electron chi connectivity index (χ4n) is 7.40. The summed E-state index contributed by atoms with van der Waals surface area (Å²) in [5.41, 5.74) is 1.53. The van der Waals surface area contributed by atoms with E-state index in [0.29, 0.717) is 44.6 Å². The molecule has 5 N–H and O–H groups in total. The van der Waals surface area contributed by atoms with Gasteiger partial charge >= 0.3 is 0 Å². The minimum Gasteiger partial charge on any atom is -0.508 e. The van der Waals surface area contributed by atoms with Crippen LogP contribution < -0.4 is 10.6 Å². The van der Waals surface area contributed by atoms with Crippen LogP contribution in [0.3, 0.4) is 0 Å². The van der Waals surface area contributed by atoms with Gasteiger partial charge in [-0.15, -0.1) is 0 Å². The molecule has 3 aliphatic rings. The van der Waals surface area contributed by atoms with Gasteiger partial charge in [-0.05, 0) is 44.3 Å². The van der Waals surface area contributed by atoms with E-state index in [2.05, 4.69) is 10.6 Å². The van der Waals surface area contributed by atoms with Gasteiger partial charge in [0.2, 0.25) is 0 Å². The number of aromatic hydroxyl groups is 3. The van der Waals surface area contributed by atoms with Crippen molar-refractivity contribution >= 4 is 55.4 Å². The molecule has 0 aliphatic carbocycles.